The maximum absolute atomic E-state index is 11.6. The lowest BCUT2D eigenvalue weighted by molar-refractivity contribution is -0.123. The number of benzene rings is 1. The fourth-order valence-corrected chi connectivity index (χ4v) is 1.36. The summed E-state index contributed by atoms with van der Waals surface area (Å²) in [5, 5.41) is 10.6. The second-order valence-electron chi connectivity index (χ2n) is 3.25. The van der Waals surface area contributed by atoms with Crippen molar-refractivity contribution < 1.29 is 14.3 Å². The molecule has 0 aliphatic rings. The largest absolute Gasteiger partial charge is 0.452 e. The SMILES string of the molecule is N#CCNC(=O)COC(=O)c1ccc(N)cc1Cl. The standard InChI is InChI=1S/C11H10ClN3O3/c12-9-5-7(14)1-2-8(9)11(17)18-6-10(16)15-4-3-13/h1-2,5H,4,6,14H2,(H,15,16). The molecule has 0 aromatic heterocycles. The zero-order chi connectivity index (χ0) is 13.5. The summed E-state index contributed by atoms with van der Waals surface area (Å²) in [7, 11) is 0. The first-order valence-electron chi connectivity index (χ1n) is 4.90. The van der Waals surface area contributed by atoms with Crippen molar-refractivity contribution >= 4 is 29.2 Å². The number of nitrogen functional groups attached to an aromatic ring is 1. The van der Waals surface area contributed by atoms with Gasteiger partial charge in [-0.25, -0.2) is 4.79 Å². The lowest BCUT2D eigenvalue weighted by atomic mass is 10.2. The summed E-state index contributed by atoms with van der Waals surface area (Å²) >= 11 is 5.80. The van der Waals surface area contributed by atoms with E-state index in [-0.39, 0.29) is 17.1 Å². The monoisotopic (exact) mass is 267 g/mol. The Labute approximate surface area is 108 Å². The van der Waals surface area contributed by atoms with Crippen molar-refractivity contribution in [3.05, 3.63) is 28.8 Å². The number of carbonyl (C=O) groups excluding carboxylic acids is 2. The van der Waals surface area contributed by atoms with Crippen LogP contribution in [0, 0.1) is 11.3 Å². The van der Waals surface area contributed by atoms with E-state index in [1.54, 1.807) is 6.07 Å². The summed E-state index contributed by atoms with van der Waals surface area (Å²) in [6.07, 6.45) is 0. The molecule has 1 aromatic carbocycles. The first kappa shape index (κ1) is 13.8. The van der Waals surface area contributed by atoms with Gasteiger partial charge < -0.3 is 15.8 Å². The molecule has 0 radical (unpaired) electrons. The van der Waals surface area contributed by atoms with E-state index in [1.165, 1.54) is 18.2 Å². The van der Waals surface area contributed by atoms with Crippen LogP contribution < -0.4 is 11.1 Å². The minimum Gasteiger partial charge on any atom is -0.452 e. The number of halogens is 1. The van der Waals surface area contributed by atoms with Gasteiger partial charge in [-0.15, -0.1) is 0 Å². The number of hydrogen-bond donors (Lipinski definition) is 2. The van der Waals surface area contributed by atoms with Crippen LogP contribution in [0.15, 0.2) is 18.2 Å². The Morgan fingerprint density at radius 2 is 2.22 bits per heavy atom. The summed E-state index contributed by atoms with van der Waals surface area (Å²) in [4.78, 5) is 22.6. The van der Waals surface area contributed by atoms with E-state index >= 15 is 0 Å². The number of carbonyl (C=O) groups is 2. The molecule has 7 heteroatoms. The molecule has 0 aliphatic carbocycles. The minimum atomic E-state index is -0.730. The van der Waals surface area contributed by atoms with Crippen LogP contribution in [-0.2, 0) is 9.53 Å². The highest BCUT2D eigenvalue weighted by molar-refractivity contribution is 6.33. The predicted octanol–water partition coefficient (Wildman–Crippen LogP) is 0.719. The fraction of sp³-hybridized carbons (Fsp3) is 0.182. The van der Waals surface area contributed by atoms with Crippen molar-refractivity contribution in [1.29, 1.82) is 5.26 Å². The number of nitrogens with one attached hydrogen (secondary N) is 1. The normalized spacial score (nSPS) is 9.33. The molecule has 3 N–H and O–H groups in total. The first-order chi connectivity index (χ1) is 8.54. The lowest BCUT2D eigenvalue weighted by Crippen LogP contribution is -2.29. The Hall–Kier alpha value is -2.26. The van der Waals surface area contributed by atoms with Gasteiger partial charge in [0.15, 0.2) is 6.61 Å². The van der Waals surface area contributed by atoms with E-state index < -0.39 is 18.5 Å². The summed E-state index contributed by atoms with van der Waals surface area (Å²) in [5.41, 5.74) is 6.02. The van der Waals surface area contributed by atoms with Gasteiger partial charge in [-0.3, -0.25) is 4.79 Å². The third-order valence-corrected chi connectivity index (χ3v) is 2.22. The van der Waals surface area contributed by atoms with Crippen molar-refractivity contribution in [3.63, 3.8) is 0 Å². The highest BCUT2D eigenvalue weighted by Crippen LogP contribution is 2.19. The molecule has 0 unspecified atom stereocenters. The number of amides is 1. The van der Waals surface area contributed by atoms with Crippen LogP contribution in [0.3, 0.4) is 0 Å². The van der Waals surface area contributed by atoms with Crippen molar-refractivity contribution in [2.75, 3.05) is 18.9 Å². The second kappa shape index (κ2) is 6.47. The van der Waals surface area contributed by atoms with Gasteiger partial charge in [0, 0.05) is 5.69 Å². The fourth-order valence-electron chi connectivity index (χ4n) is 1.09. The number of nitrogens with two attached hydrogens (primary N) is 1. The van der Waals surface area contributed by atoms with E-state index in [0.29, 0.717) is 5.69 Å². The van der Waals surface area contributed by atoms with Gasteiger partial charge in [0.1, 0.15) is 6.54 Å². The third-order valence-electron chi connectivity index (χ3n) is 1.91. The predicted molar refractivity (Wildman–Crippen MR) is 64.8 cm³/mol. The molecule has 0 aliphatic heterocycles. The molecule has 0 fully saturated rings. The highest BCUT2D eigenvalue weighted by Gasteiger charge is 2.13. The maximum Gasteiger partial charge on any atom is 0.340 e. The summed E-state index contributed by atoms with van der Waals surface area (Å²) in [5.74, 6) is -1.29. The maximum atomic E-state index is 11.6. The van der Waals surface area contributed by atoms with E-state index in [9.17, 15) is 9.59 Å². The zero-order valence-corrected chi connectivity index (χ0v) is 10.0. The molecule has 6 nitrogen and oxygen atoms in total. The Morgan fingerprint density at radius 3 is 2.83 bits per heavy atom. The van der Waals surface area contributed by atoms with Crippen LogP contribution in [0.2, 0.25) is 5.02 Å². The molecule has 0 saturated carbocycles. The second-order valence-corrected chi connectivity index (χ2v) is 3.66. The Morgan fingerprint density at radius 1 is 1.50 bits per heavy atom. The van der Waals surface area contributed by atoms with E-state index in [4.69, 9.17) is 27.3 Å². The summed E-state index contributed by atoms with van der Waals surface area (Å²) in [6, 6.07) is 6.04. The molecule has 1 amide bonds. The van der Waals surface area contributed by atoms with E-state index in [0.717, 1.165) is 0 Å². The van der Waals surface area contributed by atoms with Gasteiger partial charge in [-0.2, -0.15) is 5.26 Å². The molecule has 1 aromatic rings. The molecule has 0 spiro atoms. The average Bonchev–Trinajstić information content (AvgIpc) is 2.33. The van der Waals surface area contributed by atoms with Gasteiger partial charge in [0.05, 0.1) is 16.7 Å². The number of nitriles is 1. The van der Waals surface area contributed by atoms with Gasteiger partial charge in [-0.1, -0.05) is 11.6 Å². The van der Waals surface area contributed by atoms with Crippen LogP contribution >= 0.6 is 11.6 Å². The number of rotatable bonds is 4. The van der Waals surface area contributed by atoms with Crippen LogP contribution in [0.25, 0.3) is 0 Å². The number of anilines is 1. The molecular weight excluding hydrogens is 258 g/mol. The average molecular weight is 268 g/mol. The van der Waals surface area contributed by atoms with Crippen molar-refractivity contribution in [3.8, 4) is 6.07 Å². The molecule has 0 heterocycles. The van der Waals surface area contributed by atoms with Crippen LogP contribution in [0.4, 0.5) is 5.69 Å². The number of hydrogen-bond acceptors (Lipinski definition) is 5. The van der Waals surface area contributed by atoms with Crippen LogP contribution in [0.5, 0.6) is 0 Å². The van der Waals surface area contributed by atoms with E-state index in [2.05, 4.69) is 5.32 Å². The molecule has 94 valence electrons. The smallest absolute Gasteiger partial charge is 0.340 e. The number of nitrogens with zero attached hydrogens (tertiary/aromatic N) is 1. The molecular formula is C11H10ClN3O3. The molecule has 1 rings (SSSR count). The molecule has 18 heavy (non-hydrogen) atoms. The molecule has 0 saturated heterocycles. The zero-order valence-electron chi connectivity index (χ0n) is 9.27. The lowest BCUT2D eigenvalue weighted by Gasteiger charge is -2.06. The highest BCUT2D eigenvalue weighted by atomic mass is 35.5. The molecule has 0 atom stereocenters. The van der Waals surface area contributed by atoms with Crippen molar-refractivity contribution in [2.45, 2.75) is 0 Å². The van der Waals surface area contributed by atoms with Crippen LogP contribution in [-0.4, -0.2) is 25.0 Å². The quantitative estimate of drug-likeness (QED) is 0.475. The van der Waals surface area contributed by atoms with Gasteiger partial charge >= 0.3 is 5.97 Å². The number of esters is 1. The number of ether oxygens (including phenoxy) is 1. The van der Waals surface area contributed by atoms with Gasteiger partial charge in [-0.05, 0) is 18.2 Å². The Balaban J connectivity index is 2.56. The third kappa shape index (κ3) is 3.96. The van der Waals surface area contributed by atoms with E-state index in [1.807, 2.05) is 0 Å². The van der Waals surface area contributed by atoms with Crippen molar-refractivity contribution in [1.82, 2.24) is 5.32 Å². The summed E-state index contributed by atoms with van der Waals surface area (Å²) in [6.45, 7) is -0.611. The minimum absolute atomic E-state index is 0.124. The van der Waals surface area contributed by atoms with Gasteiger partial charge in [0.25, 0.3) is 5.91 Å². The Bertz CT molecular complexity index is 511. The first-order valence-corrected chi connectivity index (χ1v) is 5.28. The topological polar surface area (TPSA) is 105 Å². The summed E-state index contributed by atoms with van der Waals surface area (Å²) < 4.78 is 4.72. The Kier molecular flexibility index (Phi) is 4.96. The van der Waals surface area contributed by atoms with Gasteiger partial charge in [0.2, 0.25) is 0 Å². The molecule has 0 bridgehead atoms. The van der Waals surface area contributed by atoms with Crippen molar-refractivity contribution in [2.24, 2.45) is 0 Å². The van der Waals surface area contributed by atoms with Crippen LogP contribution in [0.1, 0.15) is 10.4 Å².